The van der Waals surface area contributed by atoms with Gasteiger partial charge in [0.25, 0.3) is 0 Å². The van der Waals surface area contributed by atoms with Gasteiger partial charge in [-0.05, 0) is 50.0 Å². The number of nitrogens with two attached hydrogens (primary N) is 1. The molecule has 2 aliphatic heterocycles. The van der Waals surface area contributed by atoms with Crippen LogP contribution in [0.2, 0.25) is 0 Å². The number of benzene rings is 1. The van der Waals surface area contributed by atoms with E-state index in [0.29, 0.717) is 0 Å². The number of ether oxygens (including phenoxy) is 2. The third-order valence-electron chi connectivity index (χ3n) is 6.95. The van der Waals surface area contributed by atoms with Crippen molar-refractivity contribution in [1.29, 1.82) is 0 Å². The highest BCUT2D eigenvalue weighted by molar-refractivity contribution is 5.86. The maximum Gasteiger partial charge on any atom is 0.412 e. The summed E-state index contributed by atoms with van der Waals surface area (Å²) in [6, 6.07) is 8.24. The normalized spacial score (nSPS) is 26.2. The highest BCUT2D eigenvalue weighted by atomic mass is 16.6. The van der Waals surface area contributed by atoms with Crippen molar-refractivity contribution in [2.75, 3.05) is 26.4 Å². The van der Waals surface area contributed by atoms with Gasteiger partial charge in [-0.15, -0.1) is 0 Å². The average Bonchev–Trinajstić information content (AvgIpc) is 3.55. The van der Waals surface area contributed by atoms with Crippen LogP contribution in [0, 0.1) is 5.92 Å². The Morgan fingerprint density at radius 3 is 2.48 bits per heavy atom. The van der Waals surface area contributed by atoms with Gasteiger partial charge < -0.3 is 25.4 Å². The van der Waals surface area contributed by atoms with Crippen LogP contribution >= 0.6 is 0 Å². The van der Waals surface area contributed by atoms with Crippen molar-refractivity contribution in [3.8, 4) is 0 Å². The van der Waals surface area contributed by atoms with Crippen LogP contribution in [0.25, 0.3) is 0 Å². The molecule has 1 unspecified atom stereocenters. The lowest BCUT2D eigenvalue weighted by atomic mass is 9.81. The lowest BCUT2D eigenvalue weighted by Crippen LogP contribution is -2.52. The van der Waals surface area contributed by atoms with Gasteiger partial charge in [0.2, 0.25) is 11.8 Å². The van der Waals surface area contributed by atoms with Crippen molar-refractivity contribution in [3.63, 3.8) is 0 Å². The highest BCUT2D eigenvalue weighted by Crippen LogP contribution is 2.28. The van der Waals surface area contributed by atoms with Crippen LogP contribution in [-0.4, -0.2) is 72.3 Å². The van der Waals surface area contributed by atoms with Crippen molar-refractivity contribution < 1.29 is 23.9 Å². The average molecular weight is 459 g/mol. The smallest absolute Gasteiger partial charge is 0.412 e. The van der Waals surface area contributed by atoms with Crippen molar-refractivity contribution in [2.24, 2.45) is 11.7 Å². The topological polar surface area (TPSA) is 114 Å². The van der Waals surface area contributed by atoms with Gasteiger partial charge in [0, 0.05) is 19.1 Å². The molecule has 3 fully saturated rings. The van der Waals surface area contributed by atoms with E-state index >= 15 is 0 Å². The van der Waals surface area contributed by atoms with Gasteiger partial charge in [0.15, 0.2) is 0 Å². The Morgan fingerprint density at radius 1 is 1.09 bits per heavy atom. The molecule has 0 spiro atoms. The van der Waals surface area contributed by atoms with Crippen LogP contribution < -0.4 is 11.1 Å². The molecule has 2 heterocycles. The molecule has 4 rings (SSSR count). The maximum absolute atomic E-state index is 12.9. The Morgan fingerprint density at radius 2 is 1.79 bits per heavy atom. The van der Waals surface area contributed by atoms with E-state index in [-0.39, 0.29) is 43.7 Å². The van der Waals surface area contributed by atoms with Gasteiger partial charge in [-0.3, -0.25) is 14.5 Å². The fourth-order valence-corrected chi connectivity index (χ4v) is 4.91. The number of amides is 3. The molecule has 3 aliphatic rings. The van der Waals surface area contributed by atoms with Gasteiger partial charge >= 0.3 is 6.09 Å². The van der Waals surface area contributed by atoms with E-state index in [2.05, 4.69) is 5.32 Å². The molecule has 9 heteroatoms. The zero-order chi connectivity index (χ0) is 23.2. The van der Waals surface area contributed by atoms with E-state index in [4.69, 9.17) is 15.2 Å². The van der Waals surface area contributed by atoms with Gasteiger partial charge in [0.05, 0.1) is 12.6 Å². The molecule has 1 aromatic rings. The standard InChI is InChI=1S/C24H34N4O5/c25-21(23(30)27-12-4-5-13-27)18-8-10-19(11-9-18)26-22(29)20-15-32-16-28(20)24(31)33-14-17-6-2-1-3-7-17/h1-3,6-7,18-21H,4-5,8-16,25H2,(H,26,29)/t18-,19-,20?,21-/m0/s1. The summed E-state index contributed by atoms with van der Waals surface area (Å²) in [6.45, 7) is 1.95. The first-order chi connectivity index (χ1) is 16.0. The number of carbonyl (C=O) groups is 3. The minimum atomic E-state index is -0.704. The second kappa shape index (κ2) is 11.0. The third-order valence-corrected chi connectivity index (χ3v) is 6.95. The van der Waals surface area contributed by atoms with Gasteiger partial charge in [-0.25, -0.2) is 4.79 Å². The Bertz CT molecular complexity index is 821. The number of rotatable bonds is 6. The number of nitrogens with zero attached hydrogens (tertiary/aromatic N) is 2. The lowest BCUT2D eigenvalue weighted by Gasteiger charge is -2.34. The molecular weight excluding hydrogens is 424 g/mol. The molecule has 0 bridgehead atoms. The van der Waals surface area contributed by atoms with Crippen LogP contribution in [-0.2, 0) is 25.7 Å². The molecule has 3 amide bonds. The Balaban J connectivity index is 1.22. The summed E-state index contributed by atoms with van der Waals surface area (Å²) in [5.74, 6) is -0.0247. The Kier molecular flexibility index (Phi) is 7.82. The maximum atomic E-state index is 12.9. The molecule has 1 aromatic carbocycles. The van der Waals surface area contributed by atoms with Gasteiger partial charge in [0.1, 0.15) is 19.4 Å². The van der Waals surface area contributed by atoms with Crippen molar-refractivity contribution >= 4 is 17.9 Å². The fraction of sp³-hybridized carbons (Fsp3) is 0.625. The first-order valence-electron chi connectivity index (χ1n) is 11.9. The van der Waals surface area contributed by atoms with Crippen LogP contribution in [0.5, 0.6) is 0 Å². The van der Waals surface area contributed by atoms with Gasteiger partial charge in [-0.1, -0.05) is 30.3 Å². The fourth-order valence-electron chi connectivity index (χ4n) is 4.91. The predicted molar refractivity (Wildman–Crippen MR) is 121 cm³/mol. The monoisotopic (exact) mass is 458 g/mol. The second-order valence-corrected chi connectivity index (χ2v) is 9.20. The minimum Gasteiger partial charge on any atom is -0.444 e. The number of hydrogen-bond donors (Lipinski definition) is 2. The molecule has 1 saturated carbocycles. The quantitative estimate of drug-likeness (QED) is 0.669. The summed E-state index contributed by atoms with van der Waals surface area (Å²) in [5, 5.41) is 3.06. The Hall–Kier alpha value is -2.65. The molecule has 33 heavy (non-hydrogen) atoms. The van der Waals surface area contributed by atoms with Crippen molar-refractivity contribution in [1.82, 2.24) is 15.1 Å². The number of likely N-dealkylation sites (tertiary alicyclic amines) is 1. The molecule has 180 valence electrons. The molecule has 3 N–H and O–H groups in total. The molecular formula is C24H34N4O5. The van der Waals surface area contributed by atoms with Crippen molar-refractivity contribution in [3.05, 3.63) is 35.9 Å². The van der Waals surface area contributed by atoms with E-state index < -0.39 is 18.2 Å². The summed E-state index contributed by atoms with van der Waals surface area (Å²) in [6.07, 6.45) is 4.68. The molecule has 1 aliphatic carbocycles. The zero-order valence-corrected chi connectivity index (χ0v) is 19.0. The molecule has 0 radical (unpaired) electrons. The van der Waals surface area contributed by atoms with Gasteiger partial charge in [-0.2, -0.15) is 0 Å². The van der Waals surface area contributed by atoms with E-state index in [1.807, 2.05) is 35.2 Å². The van der Waals surface area contributed by atoms with Crippen LogP contribution in [0.1, 0.15) is 44.1 Å². The number of hydrogen-bond acceptors (Lipinski definition) is 6. The number of nitrogens with one attached hydrogen (secondary N) is 1. The summed E-state index contributed by atoms with van der Waals surface area (Å²) < 4.78 is 10.7. The molecule has 9 nitrogen and oxygen atoms in total. The van der Waals surface area contributed by atoms with E-state index in [9.17, 15) is 14.4 Å². The van der Waals surface area contributed by atoms with E-state index in [1.54, 1.807) is 0 Å². The number of carbonyl (C=O) groups excluding carboxylic acids is 3. The third kappa shape index (κ3) is 5.83. The largest absolute Gasteiger partial charge is 0.444 e. The predicted octanol–water partition coefficient (Wildman–Crippen LogP) is 1.61. The first kappa shape index (κ1) is 23.5. The SMILES string of the molecule is N[C@H](C(=O)N1CCCC1)[C@H]1CC[C@H](NC(=O)C2COCN2C(=O)OCc2ccccc2)CC1. The van der Waals surface area contributed by atoms with Crippen molar-refractivity contribution in [2.45, 2.75) is 63.3 Å². The molecule has 2 saturated heterocycles. The van der Waals surface area contributed by atoms with E-state index in [0.717, 1.165) is 57.2 Å². The summed E-state index contributed by atoms with van der Waals surface area (Å²) in [5.41, 5.74) is 7.17. The highest BCUT2D eigenvalue weighted by Gasteiger charge is 2.38. The molecule has 0 aromatic heterocycles. The van der Waals surface area contributed by atoms with Crippen LogP contribution in [0.4, 0.5) is 4.79 Å². The zero-order valence-electron chi connectivity index (χ0n) is 19.0. The van der Waals surface area contributed by atoms with Crippen LogP contribution in [0.15, 0.2) is 30.3 Å². The lowest BCUT2D eigenvalue weighted by molar-refractivity contribution is -0.133. The van der Waals surface area contributed by atoms with E-state index in [1.165, 1.54) is 4.90 Å². The molecule has 2 atom stereocenters. The summed E-state index contributed by atoms with van der Waals surface area (Å²) in [4.78, 5) is 41.2. The minimum absolute atomic E-state index is 0.00521. The first-order valence-corrected chi connectivity index (χ1v) is 11.9. The summed E-state index contributed by atoms with van der Waals surface area (Å²) >= 11 is 0. The Labute approximate surface area is 194 Å². The summed E-state index contributed by atoms with van der Waals surface area (Å²) in [7, 11) is 0. The second-order valence-electron chi connectivity index (χ2n) is 9.20. The van der Waals surface area contributed by atoms with Crippen LogP contribution in [0.3, 0.4) is 0 Å².